The van der Waals surface area contributed by atoms with Crippen molar-refractivity contribution in [3.05, 3.63) is 58.6 Å². The van der Waals surface area contributed by atoms with Crippen molar-refractivity contribution in [2.45, 2.75) is 11.3 Å². The van der Waals surface area contributed by atoms with Gasteiger partial charge in [0.2, 0.25) is 15.9 Å². The molecule has 1 amide bonds. The number of hydrogen-bond donors (Lipinski definition) is 1. The molecular weight excluding hydrogens is 352 g/mol. The number of carbonyl (C=O) groups is 2. The lowest BCUT2D eigenvalue weighted by molar-refractivity contribution is -0.122. The molecule has 0 aromatic heterocycles. The van der Waals surface area contributed by atoms with Crippen LogP contribution in [-0.4, -0.2) is 26.7 Å². The van der Waals surface area contributed by atoms with Gasteiger partial charge in [0.1, 0.15) is 4.90 Å². The van der Waals surface area contributed by atoms with Crippen LogP contribution in [0.5, 0.6) is 0 Å². The second-order valence-corrected chi connectivity index (χ2v) is 7.30. The summed E-state index contributed by atoms with van der Waals surface area (Å²) >= 11 is 5.82. The van der Waals surface area contributed by atoms with Gasteiger partial charge in [-0.2, -0.15) is 0 Å². The van der Waals surface area contributed by atoms with E-state index < -0.39 is 10.0 Å². The molecule has 2 aromatic rings. The van der Waals surface area contributed by atoms with Crippen LogP contribution in [0.25, 0.3) is 0 Å². The van der Waals surface area contributed by atoms with Crippen LogP contribution in [0.1, 0.15) is 22.3 Å². The highest BCUT2D eigenvalue weighted by atomic mass is 35.5. The van der Waals surface area contributed by atoms with Crippen molar-refractivity contribution in [1.82, 2.24) is 0 Å². The van der Waals surface area contributed by atoms with Crippen LogP contribution in [0.3, 0.4) is 0 Å². The molecule has 0 saturated carbocycles. The molecule has 0 radical (unpaired) electrons. The number of primary sulfonamides is 1. The predicted octanol–water partition coefficient (Wildman–Crippen LogP) is 1.96. The molecule has 1 aliphatic heterocycles. The summed E-state index contributed by atoms with van der Waals surface area (Å²) in [6.07, 6.45) is 0.530. The Balaban J connectivity index is 1.90. The number of benzene rings is 2. The molecule has 0 spiro atoms. The molecule has 0 unspecified atom stereocenters. The summed E-state index contributed by atoms with van der Waals surface area (Å²) in [5, 5.41) is 5.05. The maximum absolute atomic E-state index is 12.5. The summed E-state index contributed by atoms with van der Waals surface area (Å²) in [6.45, 7) is 0.668. The van der Waals surface area contributed by atoms with Crippen molar-refractivity contribution >= 4 is 39.0 Å². The highest BCUT2D eigenvalue weighted by Crippen LogP contribution is 2.25. The lowest BCUT2D eigenvalue weighted by Gasteiger charge is -2.30. The summed E-state index contributed by atoms with van der Waals surface area (Å²) in [7, 11) is -4.02. The van der Waals surface area contributed by atoms with Gasteiger partial charge in [0.25, 0.3) is 0 Å². The van der Waals surface area contributed by atoms with Crippen LogP contribution in [0.2, 0.25) is 5.02 Å². The predicted molar refractivity (Wildman–Crippen MR) is 89.7 cm³/mol. The third-order valence-electron chi connectivity index (χ3n) is 3.79. The average molecular weight is 365 g/mol. The van der Waals surface area contributed by atoms with Crippen LogP contribution in [-0.2, 0) is 14.8 Å². The summed E-state index contributed by atoms with van der Waals surface area (Å²) in [5.74, 6) is -0.317. The average Bonchev–Trinajstić information content (AvgIpc) is 2.53. The Morgan fingerprint density at radius 3 is 2.21 bits per heavy atom. The zero-order valence-corrected chi connectivity index (χ0v) is 14.0. The molecule has 0 aliphatic carbocycles. The first-order chi connectivity index (χ1) is 11.3. The van der Waals surface area contributed by atoms with Gasteiger partial charge in [-0.15, -0.1) is 0 Å². The summed E-state index contributed by atoms with van der Waals surface area (Å²) in [6, 6.07) is 10.5. The van der Waals surface area contributed by atoms with Crippen LogP contribution in [0.4, 0.5) is 5.69 Å². The SMILES string of the molecule is NS(=O)(=O)c1cc(C(=O)c2ccc(N3CCC3=O)cc2)ccc1Cl. The molecule has 124 valence electrons. The fraction of sp³-hybridized carbons (Fsp3) is 0.125. The number of carbonyl (C=O) groups excluding carboxylic acids is 2. The number of anilines is 1. The van der Waals surface area contributed by atoms with Gasteiger partial charge in [0.15, 0.2) is 5.78 Å². The smallest absolute Gasteiger partial charge is 0.239 e. The minimum Gasteiger partial charge on any atom is -0.312 e. The molecule has 24 heavy (non-hydrogen) atoms. The van der Waals surface area contributed by atoms with Gasteiger partial charge in [-0.1, -0.05) is 11.6 Å². The van der Waals surface area contributed by atoms with E-state index in [1.165, 1.54) is 12.1 Å². The largest absolute Gasteiger partial charge is 0.312 e. The number of sulfonamides is 1. The second-order valence-electron chi connectivity index (χ2n) is 5.36. The fourth-order valence-electron chi connectivity index (χ4n) is 2.41. The Labute approximate surface area is 143 Å². The minimum absolute atomic E-state index is 0.0410. The van der Waals surface area contributed by atoms with Crippen LogP contribution >= 0.6 is 11.6 Å². The standard InChI is InChI=1S/C16H13ClN2O4S/c17-13-6-3-11(9-14(13)24(18,22)23)16(21)10-1-4-12(5-2-10)19-8-7-15(19)20/h1-6,9H,7-8H2,(H2,18,22,23). The Morgan fingerprint density at radius 2 is 1.71 bits per heavy atom. The number of nitrogens with zero attached hydrogens (tertiary/aromatic N) is 1. The second kappa shape index (κ2) is 6.01. The van der Waals surface area contributed by atoms with E-state index in [9.17, 15) is 18.0 Å². The van der Waals surface area contributed by atoms with Crippen LogP contribution < -0.4 is 10.0 Å². The Bertz CT molecular complexity index is 939. The number of hydrogen-bond acceptors (Lipinski definition) is 4. The summed E-state index contributed by atoms with van der Waals surface area (Å²) in [4.78, 5) is 25.2. The minimum atomic E-state index is -4.02. The number of halogens is 1. The molecule has 6 nitrogen and oxygen atoms in total. The number of nitrogens with two attached hydrogens (primary N) is 1. The van der Waals surface area contributed by atoms with E-state index >= 15 is 0 Å². The van der Waals surface area contributed by atoms with E-state index in [4.69, 9.17) is 16.7 Å². The highest BCUT2D eigenvalue weighted by molar-refractivity contribution is 7.89. The van der Waals surface area contributed by atoms with E-state index in [1.807, 2.05) is 0 Å². The van der Waals surface area contributed by atoms with Crippen molar-refractivity contribution in [2.75, 3.05) is 11.4 Å². The van der Waals surface area contributed by atoms with Gasteiger partial charge in [-0.25, -0.2) is 13.6 Å². The first kappa shape index (κ1) is 16.6. The van der Waals surface area contributed by atoms with E-state index in [0.717, 1.165) is 11.8 Å². The van der Waals surface area contributed by atoms with E-state index in [0.29, 0.717) is 18.5 Å². The Kier molecular flexibility index (Phi) is 4.16. The van der Waals surface area contributed by atoms with E-state index in [2.05, 4.69) is 0 Å². The van der Waals surface area contributed by atoms with Gasteiger partial charge in [0, 0.05) is 29.8 Å². The van der Waals surface area contributed by atoms with Gasteiger partial charge >= 0.3 is 0 Å². The molecule has 1 aliphatic rings. The first-order valence-corrected chi connectivity index (χ1v) is 8.97. The van der Waals surface area contributed by atoms with Crippen molar-refractivity contribution < 1.29 is 18.0 Å². The van der Waals surface area contributed by atoms with Gasteiger partial charge in [0.05, 0.1) is 5.02 Å². The lowest BCUT2D eigenvalue weighted by Crippen LogP contribution is -2.43. The number of rotatable bonds is 4. The van der Waals surface area contributed by atoms with Crippen LogP contribution in [0.15, 0.2) is 47.4 Å². The van der Waals surface area contributed by atoms with Gasteiger partial charge in [-0.3, -0.25) is 9.59 Å². The normalized spacial score (nSPS) is 14.4. The monoisotopic (exact) mass is 364 g/mol. The van der Waals surface area contributed by atoms with Crippen molar-refractivity contribution in [1.29, 1.82) is 0 Å². The molecule has 3 rings (SSSR count). The first-order valence-electron chi connectivity index (χ1n) is 7.05. The topological polar surface area (TPSA) is 97.5 Å². The molecule has 0 bridgehead atoms. The quantitative estimate of drug-likeness (QED) is 0.662. The van der Waals surface area contributed by atoms with Gasteiger partial charge < -0.3 is 4.90 Å². The molecular formula is C16H13ClN2O4S. The molecule has 8 heteroatoms. The summed E-state index contributed by atoms with van der Waals surface area (Å²) in [5.41, 5.74) is 1.26. The highest BCUT2D eigenvalue weighted by Gasteiger charge is 2.25. The maximum atomic E-state index is 12.5. The Hall–Kier alpha value is -2.22. The molecule has 2 N–H and O–H groups in total. The fourth-order valence-corrected chi connectivity index (χ4v) is 3.48. The third-order valence-corrected chi connectivity index (χ3v) is 5.18. The number of amides is 1. The molecule has 1 saturated heterocycles. The lowest BCUT2D eigenvalue weighted by atomic mass is 10.0. The van der Waals surface area contributed by atoms with E-state index in [-0.39, 0.29) is 27.2 Å². The molecule has 1 heterocycles. The third kappa shape index (κ3) is 3.06. The zero-order chi connectivity index (χ0) is 17.5. The van der Waals surface area contributed by atoms with Crippen molar-refractivity contribution in [2.24, 2.45) is 5.14 Å². The van der Waals surface area contributed by atoms with Crippen molar-refractivity contribution in [3.8, 4) is 0 Å². The van der Waals surface area contributed by atoms with E-state index in [1.54, 1.807) is 29.2 Å². The maximum Gasteiger partial charge on any atom is 0.239 e. The number of ketones is 1. The summed E-state index contributed by atoms with van der Waals surface area (Å²) < 4.78 is 23.0. The van der Waals surface area contributed by atoms with Crippen LogP contribution in [0, 0.1) is 0 Å². The van der Waals surface area contributed by atoms with Gasteiger partial charge in [-0.05, 0) is 42.5 Å². The van der Waals surface area contributed by atoms with Crippen molar-refractivity contribution in [3.63, 3.8) is 0 Å². The molecule has 2 aromatic carbocycles. The molecule has 0 atom stereocenters. The Morgan fingerprint density at radius 1 is 1.08 bits per heavy atom. The molecule has 1 fully saturated rings. The zero-order valence-electron chi connectivity index (χ0n) is 12.4. The number of β-lactam (4-membered cyclic amide) rings is 1.